The quantitative estimate of drug-likeness (QED) is 0.401. The van der Waals surface area contributed by atoms with E-state index in [0.29, 0.717) is 5.56 Å². The zero-order chi connectivity index (χ0) is 24.7. The van der Waals surface area contributed by atoms with E-state index in [1.165, 1.54) is 36.4 Å². The molecule has 35 heavy (non-hydrogen) atoms. The van der Waals surface area contributed by atoms with Gasteiger partial charge >= 0.3 is 0 Å². The lowest BCUT2D eigenvalue weighted by atomic mass is 9.98. The van der Waals surface area contributed by atoms with E-state index < -0.39 is 35.8 Å². The van der Waals surface area contributed by atoms with Gasteiger partial charge in [-0.2, -0.15) is 10.2 Å². The largest absolute Gasteiger partial charge is 0.456 e. The zero-order valence-electron chi connectivity index (χ0n) is 18.0. The van der Waals surface area contributed by atoms with Crippen LogP contribution in [0.5, 0.6) is 6.01 Å². The van der Waals surface area contributed by atoms with E-state index in [2.05, 4.69) is 9.97 Å². The summed E-state index contributed by atoms with van der Waals surface area (Å²) in [4.78, 5) is 6.73. The summed E-state index contributed by atoms with van der Waals surface area (Å²) in [6, 6.07) is 12.9. The number of aliphatic hydroxyl groups is 2. The number of aromatic nitrogens is 2. The number of ether oxygens (including phenoxy) is 2. The van der Waals surface area contributed by atoms with Crippen molar-refractivity contribution >= 4 is 11.0 Å². The monoisotopic (exact) mass is 481 g/mol. The van der Waals surface area contributed by atoms with Crippen molar-refractivity contribution in [3.8, 4) is 34.3 Å². The molecule has 3 aromatic carbocycles. The van der Waals surface area contributed by atoms with Crippen LogP contribution < -0.4 is 4.74 Å². The van der Waals surface area contributed by atoms with Crippen LogP contribution in [0, 0.1) is 28.8 Å². The van der Waals surface area contributed by atoms with Crippen molar-refractivity contribution in [3.63, 3.8) is 0 Å². The van der Waals surface area contributed by atoms with Crippen LogP contribution >= 0.6 is 0 Å². The second-order valence-corrected chi connectivity index (χ2v) is 8.07. The van der Waals surface area contributed by atoms with Crippen LogP contribution in [0.1, 0.15) is 5.56 Å². The topological polar surface area (TPSA) is 111 Å². The second-order valence-electron chi connectivity index (χ2n) is 8.07. The fourth-order valence-corrected chi connectivity index (χ4v) is 4.08. The molecule has 1 aliphatic heterocycles. The van der Waals surface area contributed by atoms with Gasteiger partial charge in [0.15, 0.2) is 11.9 Å². The van der Waals surface area contributed by atoms with Gasteiger partial charge in [-0.05, 0) is 23.3 Å². The maximum Gasteiger partial charge on any atom is 0.295 e. The van der Waals surface area contributed by atoms with Gasteiger partial charge in [0, 0.05) is 11.6 Å². The molecule has 10 heteroatoms. The van der Waals surface area contributed by atoms with Crippen molar-refractivity contribution in [3.05, 3.63) is 71.5 Å². The zero-order valence-corrected chi connectivity index (χ0v) is 18.0. The molecule has 3 N–H and O–H groups in total. The Kier molecular flexibility index (Phi) is 5.90. The van der Waals surface area contributed by atoms with E-state index >= 15 is 4.39 Å². The molecule has 0 saturated carbocycles. The summed E-state index contributed by atoms with van der Waals surface area (Å²) in [7, 11) is 0. The van der Waals surface area contributed by atoms with E-state index in [9.17, 15) is 19.0 Å². The molecule has 1 aliphatic rings. The lowest BCUT2D eigenvalue weighted by molar-refractivity contribution is -0.00390. The molecule has 1 fully saturated rings. The molecule has 4 aromatic rings. The number of fused-ring (bicyclic) bond motifs is 1. The Morgan fingerprint density at radius 1 is 1.09 bits per heavy atom. The Labute approximate surface area is 197 Å². The number of hydrogen-bond acceptors (Lipinski definition) is 6. The van der Waals surface area contributed by atoms with Crippen LogP contribution in [-0.4, -0.2) is 51.7 Å². The van der Waals surface area contributed by atoms with Crippen LogP contribution in [0.3, 0.4) is 0 Å². The Balaban J connectivity index is 1.45. The minimum absolute atomic E-state index is 0.00227. The molecule has 0 bridgehead atoms. The molecule has 1 saturated heterocycles. The number of nitrogens with one attached hydrogen (secondary N) is 1. The summed E-state index contributed by atoms with van der Waals surface area (Å²) in [5.74, 6) is -2.34. The number of halogens is 3. The molecule has 178 valence electrons. The van der Waals surface area contributed by atoms with Gasteiger partial charge < -0.3 is 24.7 Å². The summed E-state index contributed by atoms with van der Waals surface area (Å²) >= 11 is 0. The van der Waals surface area contributed by atoms with E-state index in [0.717, 1.165) is 12.1 Å². The molecule has 0 spiro atoms. The van der Waals surface area contributed by atoms with Crippen LogP contribution in [0.4, 0.5) is 13.2 Å². The molecular weight excluding hydrogens is 463 g/mol. The Bertz CT molecular complexity index is 1450. The first kappa shape index (κ1) is 22.9. The highest BCUT2D eigenvalue weighted by Crippen LogP contribution is 2.34. The minimum atomic E-state index is -1.11. The molecule has 0 aliphatic carbocycles. The third-order valence-corrected chi connectivity index (χ3v) is 5.91. The van der Waals surface area contributed by atoms with Crippen molar-refractivity contribution < 1.29 is 32.9 Å². The number of H-pyrrole nitrogens is 1. The SMILES string of the molecule is N#Cc1ccc(-c2ccc(-c3c(F)cc4[nH]c(O[C@@H]5CO[C@H](CO)[C@H]5O)nc4c3F)cc2)c(F)c1. The number of aromatic amines is 1. The normalized spacial score (nSPS) is 19.7. The first-order valence-electron chi connectivity index (χ1n) is 10.6. The van der Waals surface area contributed by atoms with Crippen molar-refractivity contribution in [1.82, 2.24) is 9.97 Å². The summed E-state index contributed by atoms with van der Waals surface area (Å²) < 4.78 is 55.3. The van der Waals surface area contributed by atoms with E-state index in [1.54, 1.807) is 0 Å². The summed E-state index contributed by atoms with van der Waals surface area (Å²) in [5.41, 5.74) is 0.718. The molecule has 0 unspecified atom stereocenters. The van der Waals surface area contributed by atoms with Crippen LogP contribution in [0.25, 0.3) is 33.3 Å². The Morgan fingerprint density at radius 3 is 2.49 bits per heavy atom. The molecule has 0 radical (unpaired) electrons. The van der Waals surface area contributed by atoms with E-state index in [4.69, 9.17) is 14.7 Å². The van der Waals surface area contributed by atoms with Crippen molar-refractivity contribution in [2.75, 3.05) is 13.2 Å². The molecular formula is C25H18F3N3O4. The van der Waals surface area contributed by atoms with Crippen molar-refractivity contribution in [2.24, 2.45) is 0 Å². The van der Waals surface area contributed by atoms with E-state index in [1.807, 2.05) is 6.07 Å². The summed E-state index contributed by atoms with van der Waals surface area (Å²) in [6.07, 6.45) is -2.74. The maximum atomic E-state index is 15.3. The van der Waals surface area contributed by atoms with E-state index in [-0.39, 0.29) is 52.5 Å². The number of aliphatic hydroxyl groups excluding tert-OH is 2. The smallest absolute Gasteiger partial charge is 0.295 e. The Morgan fingerprint density at radius 2 is 1.83 bits per heavy atom. The van der Waals surface area contributed by atoms with Gasteiger partial charge in [-0.1, -0.05) is 30.3 Å². The average Bonchev–Trinajstić information content (AvgIpc) is 3.42. The van der Waals surface area contributed by atoms with Gasteiger partial charge in [0.25, 0.3) is 6.01 Å². The Hall–Kier alpha value is -3.91. The number of nitriles is 1. The van der Waals surface area contributed by atoms with Crippen LogP contribution in [0.15, 0.2) is 48.5 Å². The minimum Gasteiger partial charge on any atom is -0.456 e. The number of rotatable bonds is 5. The molecule has 1 aromatic heterocycles. The number of imidazole rings is 1. The highest BCUT2D eigenvalue weighted by molar-refractivity contribution is 5.84. The molecule has 7 nitrogen and oxygen atoms in total. The van der Waals surface area contributed by atoms with Gasteiger partial charge in [-0.15, -0.1) is 0 Å². The highest BCUT2D eigenvalue weighted by Gasteiger charge is 2.37. The molecule has 2 heterocycles. The highest BCUT2D eigenvalue weighted by atomic mass is 19.1. The number of benzene rings is 3. The first-order valence-corrected chi connectivity index (χ1v) is 10.6. The number of hydrogen-bond donors (Lipinski definition) is 3. The van der Waals surface area contributed by atoms with Gasteiger partial charge in [-0.25, -0.2) is 13.2 Å². The van der Waals surface area contributed by atoms with Crippen molar-refractivity contribution in [2.45, 2.75) is 18.3 Å². The molecule has 5 rings (SSSR count). The third kappa shape index (κ3) is 4.10. The number of nitrogens with zero attached hydrogens (tertiary/aromatic N) is 2. The van der Waals surface area contributed by atoms with Crippen molar-refractivity contribution in [1.29, 1.82) is 5.26 Å². The predicted octanol–water partition coefficient (Wildman–Crippen LogP) is 3.69. The molecule has 3 atom stereocenters. The average molecular weight is 481 g/mol. The third-order valence-electron chi connectivity index (χ3n) is 5.91. The van der Waals surface area contributed by atoms with Gasteiger partial charge in [-0.3, -0.25) is 0 Å². The fourth-order valence-electron chi connectivity index (χ4n) is 4.08. The fraction of sp³-hybridized carbons (Fsp3) is 0.200. The predicted molar refractivity (Wildman–Crippen MR) is 119 cm³/mol. The first-order chi connectivity index (χ1) is 16.9. The maximum absolute atomic E-state index is 15.3. The van der Waals surface area contributed by atoms with Gasteiger partial charge in [0.2, 0.25) is 0 Å². The van der Waals surface area contributed by atoms with Crippen LogP contribution in [-0.2, 0) is 4.74 Å². The van der Waals surface area contributed by atoms with Crippen LogP contribution in [0.2, 0.25) is 0 Å². The van der Waals surface area contributed by atoms with Gasteiger partial charge in [0.05, 0.1) is 35.9 Å². The molecule has 0 amide bonds. The standard InChI is InChI=1S/C25H18F3N3O4/c26-16-7-12(9-29)1-6-15(16)13-2-4-14(5-3-13)21-17(27)8-18-23(22(21)28)31-25(30-18)35-20-11-34-19(10-32)24(20)33/h1-8,19-20,24,32-33H,10-11H2,(H,30,31)/t19-,20-,24-/m1/s1. The second kappa shape index (κ2) is 9.03. The lowest BCUT2D eigenvalue weighted by Crippen LogP contribution is -2.36. The lowest BCUT2D eigenvalue weighted by Gasteiger charge is -2.15. The summed E-state index contributed by atoms with van der Waals surface area (Å²) in [5, 5.41) is 28.2. The summed E-state index contributed by atoms with van der Waals surface area (Å²) in [6.45, 7) is -0.390. The van der Waals surface area contributed by atoms with Gasteiger partial charge in [0.1, 0.15) is 29.4 Å².